The van der Waals surface area contributed by atoms with Crippen LogP contribution in [0.25, 0.3) is 22.0 Å². The summed E-state index contributed by atoms with van der Waals surface area (Å²) in [5.41, 5.74) is 6.65. The molecule has 0 bridgehead atoms. The number of nitrogens with zero attached hydrogens (tertiary/aromatic N) is 4. The smallest absolute Gasteiger partial charge is 0.341 e. The Bertz CT molecular complexity index is 1460. The van der Waals surface area contributed by atoms with Crippen molar-refractivity contribution in [3.05, 3.63) is 113 Å². The van der Waals surface area contributed by atoms with Crippen LogP contribution in [0.5, 0.6) is 0 Å². The summed E-state index contributed by atoms with van der Waals surface area (Å²) in [4.78, 5) is 18.0. The summed E-state index contributed by atoms with van der Waals surface area (Å²) in [7, 11) is 0. The number of fused-ring (bicyclic) bond motifs is 1. The van der Waals surface area contributed by atoms with Crippen LogP contribution in [-0.4, -0.2) is 25.9 Å². The largest absolute Gasteiger partial charge is 0.455 e. The lowest BCUT2D eigenvalue weighted by Crippen LogP contribution is -2.11. The summed E-state index contributed by atoms with van der Waals surface area (Å²) < 4.78 is 7.43. The highest BCUT2D eigenvalue weighted by atomic mass is 16.5. The molecule has 0 spiro atoms. The average molecular weight is 449 g/mol. The van der Waals surface area contributed by atoms with Crippen LogP contribution in [0.1, 0.15) is 32.9 Å². The third-order valence-corrected chi connectivity index (χ3v) is 5.74. The number of hydrogen-bond acceptors (Lipinski definition) is 5. The SMILES string of the molecule is Cc1ccc(Cn2cc(COC(=O)c3c(C)nc4ccccc4c3-c3ccccc3)nn2)cc1. The van der Waals surface area contributed by atoms with Crippen LogP contribution in [0.15, 0.2) is 85.1 Å². The molecule has 5 aromatic rings. The number of aryl methyl sites for hydroxylation is 2. The molecule has 2 heterocycles. The minimum atomic E-state index is -0.428. The predicted octanol–water partition coefficient (Wildman–Crippen LogP) is 5.52. The lowest BCUT2D eigenvalue weighted by atomic mass is 9.94. The lowest BCUT2D eigenvalue weighted by Gasteiger charge is -2.15. The summed E-state index contributed by atoms with van der Waals surface area (Å²) in [6, 6.07) is 26.0. The first kappa shape index (κ1) is 21.5. The zero-order valence-corrected chi connectivity index (χ0v) is 19.1. The van der Waals surface area contributed by atoms with Gasteiger partial charge in [-0.15, -0.1) is 5.10 Å². The molecule has 0 radical (unpaired) electrons. The Balaban J connectivity index is 1.40. The minimum Gasteiger partial charge on any atom is -0.455 e. The van der Waals surface area contributed by atoms with Gasteiger partial charge in [0.15, 0.2) is 0 Å². The third-order valence-electron chi connectivity index (χ3n) is 5.74. The molecule has 0 aliphatic heterocycles. The predicted molar refractivity (Wildman–Crippen MR) is 131 cm³/mol. The summed E-state index contributed by atoms with van der Waals surface area (Å²) in [6.07, 6.45) is 1.80. The van der Waals surface area contributed by atoms with E-state index in [1.165, 1.54) is 5.56 Å². The Morgan fingerprint density at radius 1 is 0.912 bits per heavy atom. The summed E-state index contributed by atoms with van der Waals surface area (Å²) >= 11 is 0. The zero-order chi connectivity index (χ0) is 23.5. The fourth-order valence-electron chi connectivity index (χ4n) is 4.06. The molecule has 34 heavy (non-hydrogen) atoms. The number of carbonyl (C=O) groups is 1. The molecule has 3 aromatic carbocycles. The van der Waals surface area contributed by atoms with E-state index in [-0.39, 0.29) is 6.61 Å². The van der Waals surface area contributed by atoms with Gasteiger partial charge >= 0.3 is 5.97 Å². The van der Waals surface area contributed by atoms with Gasteiger partial charge in [0, 0.05) is 10.9 Å². The number of hydrogen-bond donors (Lipinski definition) is 0. The molecule has 0 saturated heterocycles. The van der Waals surface area contributed by atoms with E-state index in [2.05, 4.69) is 46.5 Å². The maximum Gasteiger partial charge on any atom is 0.341 e. The van der Waals surface area contributed by atoms with Crippen LogP contribution < -0.4 is 0 Å². The summed E-state index contributed by atoms with van der Waals surface area (Å²) in [6.45, 7) is 4.54. The normalized spacial score (nSPS) is 11.0. The van der Waals surface area contributed by atoms with Gasteiger partial charge in [-0.25, -0.2) is 9.48 Å². The molecular weight excluding hydrogens is 424 g/mol. The Hall–Kier alpha value is -4.32. The van der Waals surface area contributed by atoms with Crippen molar-refractivity contribution in [3.63, 3.8) is 0 Å². The van der Waals surface area contributed by atoms with E-state index < -0.39 is 5.97 Å². The molecule has 0 saturated carbocycles. The number of carbonyl (C=O) groups excluding carboxylic acids is 1. The Kier molecular flexibility index (Phi) is 5.87. The second-order valence-electron chi connectivity index (χ2n) is 8.30. The maximum atomic E-state index is 13.3. The van der Waals surface area contributed by atoms with Gasteiger partial charge in [0.05, 0.1) is 29.5 Å². The van der Waals surface area contributed by atoms with E-state index in [4.69, 9.17) is 4.74 Å². The van der Waals surface area contributed by atoms with Crippen molar-refractivity contribution in [2.24, 2.45) is 0 Å². The first-order valence-corrected chi connectivity index (χ1v) is 11.1. The number of aromatic nitrogens is 4. The minimum absolute atomic E-state index is 0.0349. The van der Waals surface area contributed by atoms with Gasteiger partial charge < -0.3 is 4.74 Å². The van der Waals surface area contributed by atoms with Crippen molar-refractivity contribution in [1.82, 2.24) is 20.0 Å². The molecule has 0 fully saturated rings. The van der Waals surface area contributed by atoms with Gasteiger partial charge in [-0.1, -0.05) is 83.6 Å². The van der Waals surface area contributed by atoms with Crippen LogP contribution >= 0.6 is 0 Å². The first-order valence-electron chi connectivity index (χ1n) is 11.1. The molecule has 0 amide bonds. The molecule has 5 rings (SSSR count). The van der Waals surface area contributed by atoms with Crippen molar-refractivity contribution in [2.45, 2.75) is 27.0 Å². The van der Waals surface area contributed by atoms with Gasteiger partial charge in [-0.05, 0) is 31.0 Å². The number of benzene rings is 3. The Morgan fingerprint density at radius 2 is 1.65 bits per heavy atom. The van der Waals surface area contributed by atoms with Crippen molar-refractivity contribution in [1.29, 1.82) is 0 Å². The quantitative estimate of drug-likeness (QED) is 0.320. The van der Waals surface area contributed by atoms with Gasteiger partial charge in [0.2, 0.25) is 0 Å². The summed E-state index contributed by atoms with van der Waals surface area (Å²) in [5.74, 6) is -0.428. The zero-order valence-electron chi connectivity index (χ0n) is 19.1. The van der Waals surface area contributed by atoms with Gasteiger partial charge in [-0.3, -0.25) is 4.98 Å². The van der Waals surface area contributed by atoms with Gasteiger partial charge in [0.1, 0.15) is 12.3 Å². The van der Waals surface area contributed by atoms with Crippen LogP contribution in [0, 0.1) is 13.8 Å². The molecule has 0 atom stereocenters. The summed E-state index contributed by atoms with van der Waals surface area (Å²) in [5, 5.41) is 9.25. The fourth-order valence-corrected chi connectivity index (χ4v) is 4.06. The monoisotopic (exact) mass is 448 g/mol. The maximum absolute atomic E-state index is 13.3. The lowest BCUT2D eigenvalue weighted by molar-refractivity contribution is 0.0467. The fraction of sp³-hybridized carbons (Fsp3) is 0.143. The van der Waals surface area contributed by atoms with E-state index in [1.807, 2.05) is 61.5 Å². The molecular formula is C28H24N4O2. The third kappa shape index (κ3) is 4.43. The first-order chi connectivity index (χ1) is 16.6. The number of pyridine rings is 1. The van der Waals surface area contributed by atoms with E-state index in [0.717, 1.165) is 27.6 Å². The van der Waals surface area contributed by atoms with E-state index in [0.29, 0.717) is 23.5 Å². The highest BCUT2D eigenvalue weighted by Gasteiger charge is 2.22. The molecule has 6 heteroatoms. The van der Waals surface area contributed by atoms with E-state index >= 15 is 0 Å². The molecule has 6 nitrogen and oxygen atoms in total. The van der Waals surface area contributed by atoms with Crippen molar-refractivity contribution < 1.29 is 9.53 Å². The van der Waals surface area contributed by atoms with Crippen LogP contribution in [0.4, 0.5) is 0 Å². The van der Waals surface area contributed by atoms with Crippen molar-refractivity contribution >= 4 is 16.9 Å². The van der Waals surface area contributed by atoms with Crippen molar-refractivity contribution in [3.8, 4) is 11.1 Å². The molecule has 0 unspecified atom stereocenters. The van der Waals surface area contributed by atoms with Crippen LogP contribution in [0.2, 0.25) is 0 Å². The highest BCUT2D eigenvalue weighted by Crippen LogP contribution is 2.33. The standard InChI is InChI=1S/C28H24N4O2/c1-19-12-14-21(15-13-19)16-32-17-23(30-31-32)18-34-28(33)26-20(2)29-25-11-7-6-10-24(25)27(26)22-8-4-3-5-9-22/h3-15,17H,16,18H2,1-2H3. The second-order valence-corrected chi connectivity index (χ2v) is 8.30. The van der Waals surface area contributed by atoms with E-state index in [1.54, 1.807) is 10.9 Å². The molecule has 0 aliphatic rings. The molecule has 0 N–H and O–H groups in total. The molecule has 2 aromatic heterocycles. The second kappa shape index (κ2) is 9.27. The number of rotatable bonds is 6. The number of esters is 1. The van der Waals surface area contributed by atoms with Crippen LogP contribution in [-0.2, 0) is 17.9 Å². The van der Waals surface area contributed by atoms with Crippen LogP contribution in [0.3, 0.4) is 0 Å². The Labute approximate surface area is 197 Å². The Morgan fingerprint density at radius 3 is 2.44 bits per heavy atom. The van der Waals surface area contributed by atoms with Gasteiger partial charge in [0.25, 0.3) is 0 Å². The highest BCUT2D eigenvalue weighted by molar-refractivity contribution is 6.07. The average Bonchev–Trinajstić information content (AvgIpc) is 3.31. The topological polar surface area (TPSA) is 69.9 Å². The molecule has 0 aliphatic carbocycles. The van der Waals surface area contributed by atoms with Crippen molar-refractivity contribution in [2.75, 3.05) is 0 Å². The van der Waals surface area contributed by atoms with E-state index in [9.17, 15) is 4.79 Å². The number of ether oxygens (including phenoxy) is 1. The molecule has 168 valence electrons. The number of para-hydroxylation sites is 1. The van der Waals surface area contributed by atoms with Gasteiger partial charge in [-0.2, -0.15) is 0 Å².